The molecule has 0 aliphatic rings. The molecule has 7 nitrogen and oxygen atoms in total. The van der Waals surface area contributed by atoms with Gasteiger partial charge in [0.15, 0.2) is 11.5 Å². The number of halogens is 3. The van der Waals surface area contributed by atoms with Crippen LogP contribution in [0.3, 0.4) is 0 Å². The number of nitrogens with one attached hydrogen (secondary N) is 1. The molecule has 0 fully saturated rings. The second kappa shape index (κ2) is 13.1. The van der Waals surface area contributed by atoms with Gasteiger partial charge in [-0.25, -0.2) is 0 Å². The Hall–Kier alpha value is -3.57. The Balaban J connectivity index is 1.77. The first-order valence-electron chi connectivity index (χ1n) is 10.8. The van der Waals surface area contributed by atoms with Crippen LogP contribution in [0.5, 0.6) is 23.0 Å². The van der Waals surface area contributed by atoms with Gasteiger partial charge in [0.2, 0.25) is 0 Å². The minimum Gasteiger partial charge on any atom is -0.497 e. The first kappa shape index (κ1) is 28.0. The normalized spacial score (nSPS) is 10.9. The number of rotatable bonds is 10. The molecule has 0 aromatic heterocycles. The highest BCUT2D eigenvalue weighted by molar-refractivity contribution is 6.35. The molecule has 0 saturated carbocycles. The lowest BCUT2D eigenvalue weighted by Gasteiger charge is -2.14. The molecule has 10 heteroatoms. The molecule has 0 aliphatic heterocycles. The molecule has 3 aromatic carbocycles. The minimum absolute atomic E-state index is 0.118. The Labute approximate surface area is 230 Å². The maximum atomic E-state index is 12.7. The van der Waals surface area contributed by atoms with Gasteiger partial charge in [0.25, 0.3) is 5.91 Å². The van der Waals surface area contributed by atoms with Gasteiger partial charge in [-0.1, -0.05) is 40.9 Å². The van der Waals surface area contributed by atoms with Crippen molar-refractivity contribution >= 4 is 46.8 Å². The third-order valence-electron chi connectivity index (χ3n) is 5.25. The lowest BCUT2D eigenvalue weighted by atomic mass is 10.1. The van der Waals surface area contributed by atoms with Crippen LogP contribution in [0.2, 0.25) is 15.1 Å². The summed E-state index contributed by atoms with van der Waals surface area (Å²) in [5, 5.41) is 13.5. The monoisotopic (exact) mass is 560 g/mol. The Kier molecular flexibility index (Phi) is 9.93. The van der Waals surface area contributed by atoms with Crippen LogP contribution in [0.25, 0.3) is 6.08 Å². The first-order valence-corrected chi connectivity index (χ1v) is 12.0. The molecule has 0 heterocycles. The third kappa shape index (κ3) is 7.23. The van der Waals surface area contributed by atoms with Crippen molar-refractivity contribution in [3.8, 4) is 29.1 Å². The van der Waals surface area contributed by atoms with E-state index in [0.29, 0.717) is 44.2 Å². The number of nitriles is 1. The van der Waals surface area contributed by atoms with E-state index in [1.54, 1.807) is 55.6 Å². The summed E-state index contributed by atoms with van der Waals surface area (Å²) in [6, 6.07) is 15.4. The minimum atomic E-state index is -0.562. The van der Waals surface area contributed by atoms with Gasteiger partial charge in [0.05, 0.1) is 26.4 Å². The molecule has 0 unspecified atom stereocenters. The van der Waals surface area contributed by atoms with Gasteiger partial charge in [-0.05, 0) is 48.0 Å². The van der Waals surface area contributed by atoms with Gasteiger partial charge >= 0.3 is 0 Å². The number of hydrogen-bond donors (Lipinski definition) is 1. The molecule has 0 spiro atoms. The highest BCUT2D eigenvalue weighted by Crippen LogP contribution is 2.38. The van der Waals surface area contributed by atoms with Crippen LogP contribution >= 0.6 is 34.8 Å². The number of hydrogen-bond acceptors (Lipinski definition) is 6. The highest BCUT2D eigenvalue weighted by atomic mass is 35.5. The predicted octanol–water partition coefficient (Wildman–Crippen LogP) is 6.47. The zero-order valence-electron chi connectivity index (χ0n) is 20.2. The average molecular weight is 562 g/mol. The van der Waals surface area contributed by atoms with Crippen molar-refractivity contribution in [2.24, 2.45) is 0 Å². The molecule has 1 amide bonds. The molecule has 192 valence electrons. The Bertz CT molecular complexity index is 1370. The van der Waals surface area contributed by atoms with E-state index in [0.717, 1.165) is 5.56 Å². The standard InChI is InChI=1S/C27H23Cl3N2O5/c1-34-21-7-5-17(24(12-21)35-2)14-32-27(33)19(13-31)8-16-9-23(30)26(25(10-16)36-3)37-15-18-4-6-20(28)11-22(18)29/h4-12H,14-15H2,1-3H3,(H,32,33)/b19-8+. The number of methoxy groups -OCH3 is 3. The summed E-state index contributed by atoms with van der Waals surface area (Å²) >= 11 is 18.6. The van der Waals surface area contributed by atoms with Crippen LogP contribution in [0.4, 0.5) is 0 Å². The van der Waals surface area contributed by atoms with E-state index in [2.05, 4.69) is 5.32 Å². The van der Waals surface area contributed by atoms with E-state index in [1.807, 2.05) is 6.07 Å². The SMILES string of the molecule is COc1ccc(CNC(=O)/C(C#N)=C/c2cc(Cl)c(OCc3ccc(Cl)cc3Cl)c(OC)c2)c(OC)c1. The van der Waals surface area contributed by atoms with Crippen LogP contribution in [0, 0.1) is 11.3 Å². The number of nitrogens with zero attached hydrogens (tertiary/aromatic N) is 1. The maximum Gasteiger partial charge on any atom is 0.262 e. The van der Waals surface area contributed by atoms with Gasteiger partial charge in [-0.15, -0.1) is 0 Å². The molecule has 0 bridgehead atoms. The van der Waals surface area contributed by atoms with Crippen LogP contribution in [0.15, 0.2) is 54.1 Å². The van der Waals surface area contributed by atoms with Crippen LogP contribution < -0.4 is 24.3 Å². The number of benzene rings is 3. The Morgan fingerprint density at radius 3 is 2.30 bits per heavy atom. The van der Waals surface area contributed by atoms with Crippen molar-refractivity contribution in [2.75, 3.05) is 21.3 Å². The highest BCUT2D eigenvalue weighted by Gasteiger charge is 2.16. The molecule has 3 aromatic rings. The second-order valence-electron chi connectivity index (χ2n) is 7.59. The molecular formula is C27H23Cl3N2O5. The summed E-state index contributed by atoms with van der Waals surface area (Å²) in [5.41, 5.74) is 1.80. The van der Waals surface area contributed by atoms with E-state index in [1.165, 1.54) is 20.3 Å². The van der Waals surface area contributed by atoms with Crippen molar-refractivity contribution < 1.29 is 23.7 Å². The van der Waals surface area contributed by atoms with Crippen molar-refractivity contribution in [1.29, 1.82) is 5.26 Å². The summed E-state index contributed by atoms with van der Waals surface area (Å²) in [5.74, 6) is 1.23. The van der Waals surface area contributed by atoms with Crippen LogP contribution in [0.1, 0.15) is 16.7 Å². The van der Waals surface area contributed by atoms with E-state index in [4.69, 9.17) is 53.8 Å². The molecule has 0 aliphatic carbocycles. The molecule has 1 N–H and O–H groups in total. The van der Waals surface area contributed by atoms with Crippen LogP contribution in [-0.4, -0.2) is 27.2 Å². The lowest BCUT2D eigenvalue weighted by Crippen LogP contribution is -2.24. The molecule has 0 atom stereocenters. The molecule has 3 rings (SSSR count). The van der Waals surface area contributed by atoms with Crippen molar-refractivity contribution in [1.82, 2.24) is 5.32 Å². The zero-order chi connectivity index (χ0) is 26.9. The van der Waals surface area contributed by atoms with Gasteiger partial charge in [0.1, 0.15) is 29.7 Å². The fourth-order valence-corrected chi connectivity index (χ4v) is 4.07. The lowest BCUT2D eigenvalue weighted by molar-refractivity contribution is -0.117. The van der Waals surface area contributed by atoms with Crippen molar-refractivity contribution in [3.05, 3.63) is 85.9 Å². The number of carbonyl (C=O) groups excluding carboxylic acids is 1. The van der Waals surface area contributed by atoms with E-state index in [9.17, 15) is 10.1 Å². The van der Waals surface area contributed by atoms with Gasteiger partial charge in [-0.2, -0.15) is 5.26 Å². The third-order valence-corrected chi connectivity index (χ3v) is 6.12. The van der Waals surface area contributed by atoms with Gasteiger partial charge in [-0.3, -0.25) is 4.79 Å². The summed E-state index contributed by atoms with van der Waals surface area (Å²) in [6.45, 7) is 0.275. The summed E-state index contributed by atoms with van der Waals surface area (Å²) in [4.78, 5) is 12.7. The van der Waals surface area contributed by atoms with Crippen molar-refractivity contribution in [3.63, 3.8) is 0 Å². The second-order valence-corrected chi connectivity index (χ2v) is 8.84. The molecule has 0 radical (unpaired) electrons. The number of carbonyl (C=O) groups is 1. The van der Waals surface area contributed by atoms with Crippen molar-refractivity contribution in [2.45, 2.75) is 13.2 Å². The topological polar surface area (TPSA) is 89.8 Å². The zero-order valence-corrected chi connectivity index (χ0v) is 22.5. The quantitative estimate of drug-likeness (QED) is 0.225. The average Bonchev–Trinajstić information content (AvgIpc) is 2.90. The molecular weight excluding hydrogens is 539 g/mol. The molecule has 0 saturated heterocycles. The smallest absolute Gasteiger partial charge is 0.262 e. The van der Waals surface area contributed by atoms with E-state index < -0.39 is 5.91 Å². The number of ether oxygens (including phenoxy) is 4. The van der Waals surface area contributed by atoms with Crippen LogP contribution in [-0.2, 0) is 17.9 Å². The fraction of sp³-hybridized carbons (Fsp3) is 0.185. The largest absolute Gasteiger partial charge is 0.497 e. The first-order chi connectivity index (χ1) is 17.8. The Morgan fingerprint density at radius 2 is 1.65 bits per heavy atom. The Morgan fingerprint density at radius 1 is 0.919 bits per heavy atom. The predicted molar refractivity (Wildman–Crippen MR) is 144 cm³/mol. The van der Waals surface area contributed by atoms with Gasteiger partial charge < -0.3 is 24.3 Å². The summed E-state index contributed by atoms with van der Waals surface area (Å²) in [7, 11) is 4.53. The van der Waals surface area contributed by atoms with E-state index >= 15 is 0 Å². The van der Waals surface area contributed by atoms with Gasteiger partial charge in [0, 0.05) is 33.8 Å². The molecule has 37 heavy (non-hydrogen) atoms. The fourth-order valence-electron chi connectivity index (χ4n) is 3.34. The van der Waals surface area contributed by atoms with E-state index in [-0.39, 0.29) is 23.7 Å². The summed E-state index contributed by atoms with van der Waals surface area (Å²) in [6.07, 6.45) is 1.41. The maximum absolute atomic E-state index is 12.7. The number of amides is 1. The summed E-state index contributed by atoms with van der Waals surface area (Å²) < 4.78 is 21.8.